The molecular formula is C14H19NOS. The van der Waals surface area contributed by atoms with E-state index in [0.29, 0.717) is 0 Å². The fraction of sp³-hybridized carbons (Fsp3) is 0.571. The highest BCUT2D eigenvalue weighted by Gasteiger charge is 2.33. The second-order valence-electron chi connectivity index (χ2n) is 5.00. The summed E-state index contributed by atoms with van der Waals surface area (Å²) in [4.78, 5) is 1.29. The van der Waals surface area contributed by atoms with Gasteiger partial charge in [-0.1, -0.05) is 12.1 Å². The SMILES string of the molecule is COc1ccccc1SC1C[C@H]2CC[C@@H](C1)N2. The maximum Gasteiger partial charge on any atom is 0.132 e. The predicted octanol–water partition coefficient (Wildman–Crippen LogP) is 3.07. The first-order valence-electron chi connectivity index (χ1n) is 6.41. The summed E-state index contributed by atoms with van der Waals surface area (Å²) < 4.78 is 5.42. The van der Waals surface area contributed by atoms with Crippen LogP contribution < -0.4 is 10.1 Å². The summed E-state index contributed by atoms with van der Waals surface area (Å²) in [5, 5.41) is 4.44. The van der Waals surface area contributed by atoms with Crippen LogP contribution in [-0.4, -0.2) is 24.4 Å². The van der Waals surface area contributed by atoms with Gasteiger partial charge in [0, 0.05) is 22.2 Å². The van der Waals surface area contributed by atoms with Gasteiger partial charge in [-0.3, -0.25) is 0 Å². The predicted molar refractivity (Wildman–Crippen MR) is 71.8 cm³/mol. The lowest BCUT2D eigenvalue weighted by molar-refractivity contribution is 0.402. The maximum atomic E-state index is 5.42. The van der Waals surface area contributed by atoms with Crippen LogP contribution in [0, 0.1) is 0 Å². The van der Waals surface area contributed by atoms with Gasteiger partial charge in [0.05, 0.1) is 7.11 Å². The topological polar surface area (TPSA) is 21.3 Å². The van der Waals surface area contributed by atoms with E-state index in [0.717, 1.165) is 23.1 Å². The first-order valence-corrected chi connectivity index (χ1v) is 7.29. The van der Waals surface area contributed by atoms with E-state index in [1.165, 1.54) is 30.6 Å². The molecule has 0 spiro atoms. The zero-order valence-corrected chi connectivity index (χ0v) is 11.0. The van der Waals surface area contributed by atoms with Crippen LogP contribution in [0.1, 0.15) is 25.7 Å². The molecule has 1 aromatic carbocycles. The highest BCUT2D eigenvalue weighted by molar-refractivity contribution is 8.00. The molecule has 2 saturated heterocycles. The number of nitrogens with one attached hydrogen (secondary N) is 1. The molecule has 2 aliphatic rings. The second kappa shape index (κ2) is 4.91. The fourth-order valence-electron chi connectivity index (χ4n) is 3.00. The zero-order chi connectivity index (χ0) is 11.7. The van der Waals surface area contributed by atoms with Gasteiger partial charge < -0.3 is 10.1 Å². The molecule has 2 aliphatic heterocycles. The number of fused-ring (bicyclic) bond motifs is 2. The largest absolute Gasteiger partial charge is 0.496 e. The summed E-state index contributed by atoms with van der Waals surface area (Å²) in [6.45, 7) is 0. The van der Waals surface area contributed by atoms with Gasteiger partial charge in [0.25, 0.3) is 0 Å². The molecule has 1 unspecified atom stereocenters. The molecule has 1 N–H and O–H groups in total. The summed E-state index contributed by atoms with van der Waals surface area (Å²) in [5.74, 6) is 1.02. The standard InChI is InChI=1S/C14H19NOS/c1-16-13-4-2-3-5-14(13)17-12-8-10-6-7-11(9-12)15-10/h2-5,10-12,15H,6-9H2,1H3/t10-,11+,12?. The number of rotatable bonds is 3. The molecule has 17 heavy (non-hydrogen) atoms. The van der Waals surface area contributed by atoms with Crippen LogP contribution in [0.5, 0.6) is 5.75 Å². The molecule has 2 nitrogen and oxygen atoms in total. The lowest BCUT2D eigenvalue weighted by Gasteiger charge is -2.28. The average Bonchev–Trinajstić information content (AvgIpc) is 2.69. The van der Waals surface area contributed by atoms with Crippen molar-refractivity contribution in [2.75, 3.05) is 7.11 Å². The Labute approximate surface area is 107 Å². The van der Waals surface area contributed by atoms with E-state index in [9.17, 15) is 0 Å². The Bertz CT molecular complexity index is 384. The van der Waals surface area contributed by atoms with Crippen LogP contribution in [0.15, 0.2) is 29.2 Å². The summed E-state index contributed by atoms with van der Waals surface area (Å²) >= 11 is 2.00. The third-order valence-corrected chi connectivity index (χ3v) is 5.10. The summed E-state index contributed by atoms with van der Waals surface area (Å²) in [6.07, 6.45) is 5.35. The monoisotopic (exact) mass is 249 g/mol. The molecule has 2 heterocycles. The third-order valence-electron chi connectivity index (χ3n) is 3.79. The molecule has 0 saturated carbocycles. The normalized spacial score (nSPS) is 31.5. The molecular weight excluding hydrogens is 230 g/mol. The van der Waals surface area contributed by atoms with Gasteiger partial charge in [-0.2, -0.15) is 0 Å². The van der Waals surface area contributed by atoms with E-state index >= 15 is 0 Å². The Kier molecular flexibility index (Phi) is 3.30. The molecule has 3 rings (SSSR count). The minimum Gasteiger partial charge on any atom is -0.496 e. The van der Waals surface area contributed by atoms with Gasteiger partial charge in [0.15, 0.2) is 0 Å². The number of benzene rings is 1. The first kappa shape index (κ1) is 11.4. The molecule has 3 atom stereocenters. The average molecular weight is 249 g/mol. The van der Waals surface area contributed by atoms with E-state index in [1.807, 2.05) is 17.8 Å². The number of hydrogen-bond acceptors (Lipinski definition) is 3. The number of methoxy groups -OCH3 is 1. The van der Waals surface area contributed by atoms with Gasteiger partial charge in [0.1, 0.15) is 5.75 Å². The first-order chi connectivity index (χ1) is 8.35. The van der Waals surface area contributed by atoms with Crippen LogP contribution >= 0.6 is 11.8 Å². The van der Waals surface area contributed by atoms with Crippen LogP contribution in [-0.2, 0) is 0 Å². The highest BCUT2D eigenvalue weighted by Crippen LogP contribution is 2.40. The van der Waals surface area contributed by atoms with Crippen molar-refractivity contribution < 1.29 is 4.74 Å². The number of hydrogen-bond donors (Lipinski definition) is 1. The van der Waals surface area contributed by atoms with Crippen molar-refractivity contribution >= 4 is 11.8 Å². The Hall–Kier alpha value is -0.670. The lowest BCUT2D eigenvalue weighted by atomic mass is 10.1. The van der Waals surface area contributed by atoms with Crippen molar-refractivity contribution in [2.24, 2.45) is 0 Å². The molecule has 1 aromatic rings. The maximum absolute atomic E-state index is 5.42. The second-order valence-corrected chi connectivity index (χ2v) is 6.34. The number of para-hydroxylation sites is 1. The van der Waals surface area contributed by atoms with Crippen molar-refractivity contribution in [2.45, 2.75) is 47.9 Å². The quantitative estimate of drug-likeness (QED) is 0.889. The zero-order valence-electron chi connectivity index (χ0n) is 10.2. The molecule has 0 amide bonds. The van der Waals surface area contributed by atoms with Crippen LogP contribution in [0.3, 0.4) is 0 Å². The summed E-state index contributed by atoms with van der Waals surface area (Å²) in [7, 11) is 1.76. The van der Waals surface area contributed by atoms with Crippen LogP contribution in [0.2, 0.25) is 0 Å². The van der Waals surface area contributed by atoms with Crippen molar-refractivity contribution in [1.29, 1.82) is 0 Å². The van der Waals surface area contributed by atoms with E-state index < -0.39 is 0 Å². The Morgan fingerprint density at radius 1 is 1.18 bits per heavy atom. The van der Waals surface area contributed by atoms with Crippen molar-refractivity contribution in [1.82, 2.24) is 5.32 Å². The molecule has 0 aliphatic carbocycles. The van der Waals surface area contributed by atoms with E-state index in [1.54, 1.807) is 7.11 Å². The molecule has 0 radical (unpaired) electrons. The highest BCUT2D eigenvalue weighted by atomic mass is 32.2. The summed E-state index contributed by atoms with van der Waals surface area (Å²) in [6, 6.07) is 9.89. The van der Waals surface area contributed by atoms with E-state index in [2.05, 4.69) is 23.5 Å². The van der Waals surface area contributed by atoms with Crippen molar-refractivity contribution in [3.8, 4) is 5.75 Å². The van der Waals surface area contributed by atoms with Crippen LogP contribution in [0.4, 0.5) is 0 Å². The van der Waals surface area contributed by atoms with Crippen molar-refractivity contribution in [3.05, 3.63) is 24.3 Å². The fourth-order valence-corrected chi connectivity index (χ4v) is 4.44. The summed E-state index contributed by atoms with van der Waals surface area (Å²) in [5.41, 5.74) is 0. The molecule has 0 aromatic heterocycles. The Balaban J connectivity index is 1.70. The molecule has 2 bridgehead atoms. The lowest BCUT2D eigenvalue weighted by Crippen LogP contribution is -2.39. The van der Waals surface area contributed by atoms with E-state index in [-0.39, 0.29) is 0 Å². The molecule has 3 heteroatoms. The Morgan fingerprint density at radius 3 is 2.59 bits per heavy atom. The van der Waals surface area contributed by atoms with Gasteiger partial charge in [-0.05, 0) is 37.8 Å². The number of thioether (sulfide) groups is 1. The smallest absolute Gasteiger partial charge is 0.132 e. The van der Waals surface area contributed by atoms with Gasteiger partial charge in [-0.15, -0.1) is 11.8 Å². The Morgan fingerprint density at radius 2 is 1.88 bits per heavy atom. The minimum absolute atomic E-state index is 0.755. The third kappa shape index (κ3) is 2.45. The van der Waals surface area contributed by atoms with Crippen LogP contribution in [0.25, 0.3) is 0 Å². The number of ether oxygens (including phenoxy) is 1. The minimum atomic E-state index is 0.755. The van der Waals surface area contributed by atoms with Crippen molar-refractivity contribution in [3.63, 3.8) is 0 Å². The van der Waals surface area contributed by atoms with Gasteiger partial charge in [-0.25, -0.2) is 0 Å². The number of piperidine rings is 1. The molecule has 2 fully saturated rings. The molecule has 92 valence electrons. The van der Waals surface area contributed by atoms with Gasteiger partial charge in [0.2, 0.25) is 0 Å². The van der Waals surface area contributed by atoms with E-state index in [4.69, 9.17) is 4.74 Å². The van der Waals surface area contributed by atoms with Gasteiger partial charge >= 0.3 is 0 Å².